The molecule has 1 unspecified atom stereocenters. The molecule has 2 aliphatic rings. The van der Waals surface area contributed by atoms with Gasteiger partial charge in [-0.1, -0.05) is 13.3 Å². The molecule has 160 valence electrons. The van der Waals surface area contributed by atoms with Crippen LogP contribution in [0.25, 0.3) is 0 Å². The Hall–Kier alpha value is -0.440. The predicted molar refractivity (Wildman–Crippen MR) is 87.1 cm³/mol. The lowest BCUT2D eigenvalue weighted by molar-refractivity contribution is -0.384. The number of hydrogen-bond donors (Lipinski definition) is 8. The third-order valence-electron chi connectivity index (χ3n) is 5.05. The van der Waals surface area contributed by atoms with E-state index in [0.717, 1.165) is 0 Å². The summed E-state index contributed by atoms with van der Waals surface area (Å²) in [6.07, 6.45) is -12.8. The van der Waals surface area contributed by atoms with Gasteiger partial charge < -0.3 is 55.1 Å². The first kappa shape index (κ1) is 22.8. The van der Waals surface area contributed by atoms with Crippen LogP contribution in [0.15, 0.2) is 0 Å². The van der Waals surface area contributed by atoms with E-state index >= 15 is 0 Å². The quantitative estimate of drug-likeness (QED) is 0.210. The van der Waals surface area contributed by atoms with Gasteiger partial charge in [0.15, 0.2) is 12.1 Å². The molecule has 0 aromatic heterocycles. The fraction of sp³-hybridized carbons (Fsp3) is 1.00. The van der Waals surface area contributed by atoms with Crippen LogP contribution in [0.2, 0.25) is 0 Å². The average Bonchev–Trinajstić information content (AvgIpc) is 2.66. The number of aliphatic hydroxyl groups is 8. The molecular weight excluding hydrogens is 368 g/mol. The summed E-state index contributed by atoms with van der Waals surface area (Å²) in [4.78, 5) is 0. The third-order valence-corrected chi connectivity index (χ3v) is 5.05. The molecule has 2 heterocycles. The van der Waals surface area contributed by atoms with Gasteiger partial charge in [-0.25, -0.2) is 0 Å². The van der Waals surface area contributed by atoms with E-state index in [9.17, 15) is 40.9 Å². The van der Waals surface area contributed by atoms with Crippen molar-refractivity contribution < 1.29 is 55.1 Å². The summed E-state index contributed by atoms with van der Waals surface area (Å²) in [6.45, 7) is 0.515. The Kier molecular flexibility index (Phi) is 7.93. The molecule has 0 radical (unpaired) electrons. The van der Waals surface area contributed by atoms with E-state index in [4.69, 9.17) is 14.2 Å². The smallest absolute Gasteiger partial charge is 0.195 e. The van der Waals surface area contributed by atoms with E-state index in [2.05, 4.69) is 0 Å². The zero-order chi connectivity index (χ0) is 20.4. The molecule has 10 atom stereocenters. The van der Waals surface area contributed by atoms with Crippen LogP contribution in [0.3, 0.4) is 0 Å². The highest BCUT2D eigenvalue weighted by molar-refractivity contribution is 4.98. The number of rotatable bonds is 7. The van der Waals surface area contributed by atoms with E-state index in [1.54, 1.807) is 0 Å². The molecule has 2 rings (SSSR count). The average molecular weight is 398 g/mol. The first-order valence-electron chi connectivity index (χ1n) is 9.03. The summed E-state index contributed by atoms with van der Waals surface area (Å²) in [5, 5.41) is 79.6. The molecule has 0 saturated carbocycles. The first-order chi connectivity index (χ1) is 12.7. The van der Waals surface area contributed by atoms with Crippen molar-refractivity contribution in [1.29, 1.82) is 0 Å². The maximum Gasteiger partial charge on any atom is 0.195 e. The highest BCUT2D eigenvalue weighted by Gasteiger charge is 2.55. The fourth-order valence-corrected chi connectivity index (χ4v) is 3.35. The Morgan fingerprint density at radius 1 is 0.889 bits per heavy atom. The maximum absolute atomic E-state index is 10.5. The van der Waals surface area contributed by atoms with Crippen molar-refractivity contribution in [3.05, 3.63) is 0 Å². The van der Waals surface area contributed by atoms with Gasteiger partial charge in [0.1, 0.15) is 48.8 Å². The number of ether oxygens (including phenoxy) is 3. The Balaban J connectivity index is 2.15. The highest BCUT2D eigenvalue weighted by atomic mass is 16.7. The summed E-state index contributed by atoms with van der Waals surface area (Å²) < 4.78 is 16.0. The van der Waals surface area contributed by atoms with Crippen molar-refractivity contribution >= 4 is 0 Å². The molecule has 2 saturated heterocycles. The van der Waals surface area contributed by atoms with Gasteiger partial charge >= 0.3 is 0 Å². The van der Waals surface area contributed by atoms with Gasteiger partial charge in [0.2, 0.25) is 0 Å². The molecular formula is C16H30O11. The summed E-state index contributed by atoms with van der Waals surface area (Å²) in [5.41, 5.74) is 0. The molecule has 27 heavy (non-hydrogen) atoms. The van der Waals surface area contributed by atoms with Gasteiger partial charge in [-0.05, 0) is 6.42 Å². The molecule has 0 amide bonds. The number of hydrogen-bond acceptors (Lipinski definition) is 11. The topological polar surface area (TPSA) is 190 Å². The van der Waals surface area contributed by atoms with Gasteiger partial charge in [0, 0.05) is 6.42 Å². The van der Waals surface area contributed by atoms with Crippen LogP contribution in [0.1, 0.15) is 26.2 Å². The zero-order valence-corrected chi connectivity index (χ0v) is 15.0. The predicted octanol–water partition coefficient (Wildman–Crippen LogP) is -3.84. The normalized spacial score (nSPS) is 48.6. The SMILES string of the molecule is CCCCC1(O)O[C@H](CO)[C@@H](O[C@@H]2O[C@H](CO)[C@H](O)[C@H](O)[C@H]2O)[C@H](O)[C@H]1O. The Labute approximate surface area is 156 Å². The van der Waals surface area contributed by atoms with Crippen LogP contribution in [0, 0.1) is 0 Å². The van der Waals surface area contributed by atoms with Crippen LogP contribution in [0.4, 0.5) is 0 Å². The van der Waals surface area contributed by atoms with Crippen LogP contribution >= 0.6 is 0 Å². The van der Waals surface area contributed by atoms with Crippen molar-refractivity contribution in [2.45, 2.75) is 87.1 Å². The standard InChI is InChI=1S/C16H30O11/c1-2-3-4-16(24)14(23)12(22)13(8(6-18)27-16)26-15-11(21)10(20)9(19)7(5-17)25-15/h7-15,17-24H,2-6H2,1H3/t7-,8-,9+,10+,11-,12+,13-,14-,15+,16?/m1/s1. The molecule has 11 heteroatoms. The molecule has 0 spiro atoms. The second kappa shape index (κ2) is 9.37. The monoisotopic (exact) mass is 398 g/mol. The third kappa shape index (κ3) is 4.60. The van der Waals surface area contributed by atoms with Gasteiger partial charge in [0.25, 0.3) is 0 Å². The molecule has 2 fully saturated rings. The van der Waals surface area contributed by atoms with Gasteiger partial charge in [-0.3, -0.25) is 0 Å². The van der Waals surface area contributed by atoms with Crippen LogP contribution < -0.4 is 0 Å². The number of aliphatic hydroxyl groups excluding tert-OH is 7. The minimum Gasteiger partial charge on any atom is -0.394 e. The summed E-state index contributed by atoms with van der Waals surface area (Å²) in [5.74, 6) is -2.09. The molecule has 0 aromatic rings. The summed E-state index contributed by atoms with van der Waals surface area (Å²) >= 11 is 0. The van der Waals surface area contributed by atoms with Crippen LogP contribution in [-0.2, 0) is 14.2 Å². The summed E-state index contributed by atoms with van der Waals surface area (Å²) in [7, 11) is 0. The van der Waals surface area contributed by atoms with E-state index in [1.807, 2.05) is 6.92 Å². The van der Waals surface area contributed by atoms with Crippen molar-refractivity contribution in [2.75, 3.05) is 13.2 Å². The van der Waals surface area contributed by atoms with Gasteiger partial charge in [-0.15, -0.1) is 0 Å². The highest BCUT2D eigenvalue weighted by Crippen LogP contribution is 2.35. The van der Waals surface area contributed by atoms with E-state index in [1.165, 1.54) is 0 Å². The molecule has 2 aliphatic heterocycles. The molecule has 0 aromatic carbocycles. The Morgan fingerprint density at radius 2 is 1.52 bits per heavy atom. The van der Waals surface area contributed by atoms with E-state index < -0.39 is 74.1 Å². The molecule has 0 aliphatic carbocycles. The fourth-order valence-electron chi connectivity index (χ4n) is 3.35. The first-order valence-corrected chi connectivity index (χ1v) is 9.03. The van der Waals surface area contributed by atoms with Crippen molar-refractivity contribution in [1.82, 2.24) is 0 Å². The number of unbranched alkanes of at least 4 members (excludes halogenated alkanes) is 1. The Bertz CT molecular complexity index is 462. The largest absolute Gasteiger partial charge is 0.394 e. The van der Waals surface area contributed by atoms with Crippen LogP contribution in [-0.4, -0.2) is 115 Å². The lowest BCUT2D eigenvalue weighted by Crippen LogP contribution is -2.68. The molecule has 8 N–H and O–H groups in total. The van der Waals surface area contributed by atoms with E-state index in [0.29, 0.717) is 12.8 Å². The second-order valence-electron chi connectivity index (χ2n) is 7.02. The maximum atomic E-state index is 10.5. The van der Waals surface area contributed by atoms with Crippen molar-refractivity contribution in [3.63, 3.8) is 0 Å². The lowest BCUT2D eigenvalue weighted by atomic mass is 9.89. The van der Waals surface area contributed by atoms with Crippen molar-refractivity contribution in [3.8, 4) is 0 Å². The lowest BCUT2D eigenvalue weighted by Gasteiger charge is -2.49. The minimum absolute atomic E-state index is 0.0188. The van der Waals surface area contributed by atoms with Gasteiger partial charge in [-0.2, -0.15) is 0 Å². The summed E-state index contributed by atoms with van der Waals surface area (Å²) in [6, 6.07) is 0. The Morgan fingerprint density at radius 3 is 2.07 bits per heavy atom. The zero-order valence-electron chi connectivity index (χ0n) is 15.0. The molecule has 11 nitrogen and oxygen atoms in total. The minimum atomic E-state index is -2.09. The second-order valence-corrected chi connectivity index (χ2v) is 7.02. The molecule has 0 bridgehead atoms. The van der Waals surface area contributed by atoms with Crippen molar-refractivity contribution in [2.24, 2.45) is 0 Å². The van der Waals surface area contributed by atoms with Crippen LogP contribution in [0.5, 0.6) is 0 Å². The van der Waals surface area contributed by atoms with E-state index in [-0.39, 0.29) is 6.42 Å². The van der Waals surface area contributed by atoms with Gasteiger partial charge in [0.05, 0.1) is 13.2 Å².